The SMILES string of the molecule is CCCOC(C)(C)OCCOc1cccc(NC(=O)N2c3nc(C(=O)O)ccc3N3CCC2C3)n1. The van der Waals surface area contributed by atoms with Crippen LogP contribution in [-0.4, -0.2) is 71.8 Å². The lowest BCUT2D eigenvalue weighted by Crippen LogP contribution is -2.48. The Morgan fingerprint density at radius 2 is 1.94 bits per heavy atom. The summed E-state index contributed by atoms with van der Waals surface area (Å²) in [5.74, 6) is -0.838. The molecule has 0 aliphatic carbocycles. The number of anilines is 3. The van der Waals surface area contributed by atoms with E-state index in [1.54, 1.807) is 24.3 Å². The van der Waals surface area contributed by atoms with Crippen molar-refractivity contribution >= 4 is 29.3 Å². The van der Waals surface area contributed by atoms with E-state index in [1.807, 2.05) is 20.8 Å². The molecule has 0 saturated carbocycles. The topological polar surface area (TPSA) is 126 Å². The van der Waals surface area contributed by atoms with E-state index >= 15 is 0 Å². The number of urea groups is 1. The fourth-order valence-electron chi connectivity index (χ4n) is 4.15. The number of nitrogens with one attached hydrogen (secondary N) is 1. The summed E-state index contributed by atoms with van der Waals surface area (Å²) in [6.45, 7) is 8.39. The monoisotopic (exact) mass is 485 g/mol. The number of aromatic carboxylic acids is 1. The predicted molar refractivity (Wildman–Crippen MR) is 129 cm³/mol. The second-order valence-electron chi connectivity index (χ2n) is 8.84. The van der Waals surface area contributed by atoms with Gasteiger partial charge in [0.2, 0.25) is 5.88 Å². The van der Waals surface area contributed by atoms with Gasteiger partial charge in [-0.2, -0.15) is 4.98 Å². The Labute approximate surface area is 204 Å². The molecule has 1 saturated heterocycles. The van der Waals surface area contributed by atoms with Gasteiger partial charge in [0.25, 0.3) is 0 Å². The van der Waals surface area contributed by atoms with Gasteiger partial charge in [-0.25, -0.2) is 14.6 Å². The number of carboxylic acids is 1. The van der Waals surface area contributed by atoms with E-state index in [1.165, 1.54) is 11.0 Å². The minimum atomic E-state index is -1.14. The maximum Gasteiger partial charge on any atom is 0.354 e. The number of fused-ring (bicyclic) bond motifs is 4. The molecule has 0 spiro atoms. The lowest BCUT2D eigenvalue weighted by Gasteiger charge is -2.35. The van der Waals surface area contributed by atoms with Gasteiger partial charge in [0.05, 0.1) is 18.3 Å². The summed E-state index contributed by atoms with van der Waals surface area (Å²) in [4.78, 5) is 37.0. The second kappa shape index (κ2) is 10.4. The maximum absolute atomic E-state index is 13.3. The van der Waals surface area contributed by atoms with E-state index in [0.29, 0.717) is 37.3 Å². The number of carbonyl (C=O) groups excluding carboxylic acids is 1. The van der Waals surface area contributed by atoms with Gasteiger partial charge in [-0.05, 0) is 44.9 Å². The highest BCUT2D eigenvalue weighted by Crippen LogP contribution is 2.39. The molecule has 2 N–H and O–H groups in total. The normalized spacial score (nSPS) is 16.7. The van der Waals surface area contributed by atoms with Crippen LogP contribution >= 0.6 is 0 Å². The molecule has 35 heavy (non-hydrogen) atoms. The van der Waals surface area contributed by atoms with Crippen molar-refractivity contribution in [1.29, 1.82) is 0 Å². The van der Waals surface area contributed by atoms with Crippen LogP contribution < -0.4 is 19.9 Å². The summed E-state index contributed by atoms with van der Waals surface area (Å²) >= 11 is 0. The predicted octanol–water partition coefficient (Wildman–Crippen LogP) is 3.36. The van der Waals surface area contributed by atoms with Crippen molar-refractivity contribution in [1.82, 2.24) is 9.97 Å². The summed E-state index contributed by atoms with van der Waals surface area (Å²) in [7, 11) is 0. The van der Waals surface area contributed by atoms with Crippen LogP contribution in [0.25, 0.3) is 0 Å². The van der Waals surface area contributed by atoms with Crippen LogP contribution in [0.2, 0.25) is 0 Å². The number of carbonyl (C=O) groups is 2. The molecule has 2 amide bonds. The molecule has 2 aromatic heterocycles. The van der Waals surface area contributed by atoms with Crippen molar-refractivity contribution in [3.05, 3.63) is 36.0 Å². The molecule has 0 aromatic carbocycles. The zero-order chi connectivity index (χ0) is 25.0. The van der Waals surface area contributed by atoms with Gasteiger partial charge in [-0.15, -0.1) is 0 Å². The molecule has 4 heterocycles. The average molecular weight is 486 g/mol. The highest BCUT2D eigenvalue weighted by Gasteiger charge is 2.40. The minimum Gasteiger partial charge on any atom is -0.477 e. The largest absolute Gasteiger partial charge is 0.477 e. The molecule has 188 valence electrons. The summed E-state index contributed by atoms with van der Waals surface area (Å²) in [5, 5.41) is 12.2. The number of rotatable bonds is 10. The Bertz CT molecular complexity index is 1080. The third-order valence-electron chi connectivity index (χ3n) is 5.79. The number of hydrogen-bond acceptors (Lipinski definition) is 8. The van der Waals surface area contributed by atoms with Gasteiger partial charge in [0.1, 0.15) is 12.4 Å². The summed E-state index contributed by atoms with van der Waals surface area (Å²) in [5.41, 5.74) is 0.637. The number of carboxylic acid groups (broad SMARTS) is 1. The second-order valence-corrected chi connectivity index (χ2v) is 8.84. The summed E-state index contributed by atoms with van der Waals surface area (Å²) < 4.78 is 17.0. The van der Waals surface area contributed by atoms with Crippen LogP contribution in [0.3, 0.4) is 0 Å². The number of aromatic nitrogens is 2. The number of ether oxygens (including phenoxy) is 3. The molecule has 11 heteroatoms. The third-order valence-corrected chi connectivity index (χ3v) is 5.79. The Morgan fingerprint density at radius 1 is 1.14 bits per heavy atom. The molecule has 1 atom stereocenters. The van der Waals surface area contributed by atoms with Crippen LogP contribution in [0.4, 0.5) is 22.1 Å². The highest BCUT2D eigenvalue weighted by atomic mass is 16.7. The van der Waals surface area contributed by atoms with Crippen molar-refractivity contribution < 1.29 is 28.9 Å². The molecule has 2 bridgehead atoms. The highest BCUT2D eigenvalue weighted by molar-refractivity contribution is 6.04. The number of hydrogen-bond donors (Lipinski definition) is 2. The quantitative estimate of drug-likeness (QED) is 0.385. The van der Waals surface area contributed by atoms with Crippen LogP contribution in [-0.2, 0) is 9.47 Å². The molecule has 1 fully saturated rings. The first-order chi connectivity index (χ1) is 16.8. The van der Waals surface area contributed by atoms with E-state index < -0.39 is 17.8 Å². The molecule has 0 radical (unpaired) electrons. The summed E-state index contributed by atoms with van der Waals surface area (Å²) in [6.07, 6.45) is 1.67. The molecular weight excluding hydrogens is 454 g/mol. The fourth-order valence-corrected chi connectivity index (χ4v) is 4.15. The van der Waals surface area contributed by atoms with Crippen LogP contribution in [0.15, 0.2) is 30.3 Å². The molecule has 11 nitrogen and oxygen atoms in total. The van der Waals surface area contributed by atoms with Crippen LogP contribution in [0, 0.1) is 0 Å². The van der Waals surface area contributed by atoms with E-state index in [9.17, 15) is 14.7 Å². The standard InChI is InChI=1S/C24H31N5O6/c1-4-12-34-24(2,3)35-14-13-33-20-7-5-6-19(26-20)27-23(32)29-16-10-11-28(15-16)18-9-8-17(22(30)31)25-21(18)29/h5-9,16H,4,10-15H2,1-3H3,(H,30,31)(H,26,27,32). The lowest BCUT2D eigenvalue weighted by molar-refractivity contribution is -0.215. The van der Waals surface area contributed by atoms with Gasteiger partial charge >= 0.3 is 12.0 Å². The van der Waals surface area contributed by atoms with Gasteiger partial charge in [-0.3, -0.25) is 10.2 Å². The number of pyridine rings is 2. The van der Waals surface area contributed by atoms with Crippen LogP contribution in [0.5, 0.6) is 5.88 Å². The zero-order valence-electron chi connectivity index (χ0n) is 20.2. The van der Waals surface area contributed by atoms with Gasteiger partial charge in [0.15, 0.2) is 17.3 Å². The zero-order valence-corrected chi connectivity index (χ0v) is 20.2. The minimum absolute atomic E-state index is 0.103. The molecule has 2 aliphatic heterocycles. The average Bonchev–Trinajstić information content (AvgIpc) is 3.24. The number of nitrogens with zero attached hydrogens (tertiary/aromatic N) is 4. The Morgan fingerprint density at radius 3 is 2.71 bits per heavy atom. The van der Waals surface area contributed by atoms with Crippen molar-refractivity contribution in [2.24, 2.45) is 0 Å². The summed E-state index contributed by atoms with van der Waals surface area (Å²) in [6, 6.07) is 7.73. The smallest absolute Gasteiger partial charge is 0.354 e. The molecular formula is C24H31N5O6. The van der Waals surface area contributed by atoms with E-state index in [2.05, 4.69) is 20.2 Å². The third kappa shape index (κ3) is 5.80. The van der Waals surface area contributed by atoms with Crippen LogP contribution in [0.1, 0.15) is 44.1 Å². The maximum atomic E-state index is 13.3. The van der Waals surface area contributed by atoms with Gasteiger partial charge in [-0.1, -0.05) is 13.0 Å². The first-order valence-electron chi connectivity index (χ1n) is 11.7. The molecule has 2 aliphatic rings. The van der Waals surface area contributed by atoms with Gasteiger partial charge < -0.3 is 24.2 Å². The van der Waals surface area contributed by atoms with Crippen molar-refractivity contribution in [2.45, 2.75) is 45.4 Å². The molecule has 4 rings (SSSR count). The molecule has 2 aromatic rings. The van der Waals surface area contributed by atoms with Crippen molar-refractivity contribution in [2.75, 3.05) is 48.0 Å². The van der Waals surface area contributed by atoms with Crippen molar-refractivity contribution in [3.8, 4) is 5.88 Å². The first kappa shape index (κ1) is 24.7. The van der Waals surface area contributed by atoms with E-state index in [4.69, 9.17) is 14.2 Å². The molecule has 1 unspecified atom stereocenters. The van der Waals surface area contributed by atoms with E-state index in [-0.39, 0.29) is 18.3 Å². The van der Waals surface area contributed by atoms with Crippen molar-refractivity contribution in [3.63, 3.8) is 0 Å². The fraction of sp³-hybridized carbons (Fsp3) is 0.500. The van der Waals surface area contributed by atoms with E-state index in [0.717, 1.165) is 25.1 Å². The Balaban J connectivity index is 1.40. The number of amides is 2. The van der Waals surface area contributed by atoms with Gasteiger partial charge in [0, 0.05) is 25.8 Å². The Kier molecular flexibility index (Phi) is 7.37. The lowest BCUT2D eigenvalue weighted by atomic mass is 10.2. The first-order valence-corrected chi connectivity index (χ1v) is 11.7. The Hall–Kier alpha value is -3.44.